The van der Waals surface area contributed by atoms with E-state index in [0.717, 1.165) is 16.1 Å². The topological polar surface area (TPSA) is 66.5 Å². The Morgan fingerprint density at radius 2 is 1.71 bits per heavy atom. The van der Waals surface area contributed by atoms with E-state index in [1.807, 2.05) is 0 Å². The van der Waals surface area contributed by atoms with E-state index in [1.54, 1.807) is 49.4 Å². The Kier molecular flexibility index (Phi) is 5.56. The van der Waals surface area contributed by atoms with Gasteiger partial charge < -0.3 is 5.32 Å². The third-order valence-electron chi connectivity index (χ3n) is 3.48. The SMILES string of the molecule is CC(NC(=O)CN(c1ccccc1)S(C)(=O)=O)c1ccc(F)cc1. The van der Waals surface area contributed by atoms with Gasteiger partial charge in [-0.3, -0.25) is 9.10 Å². The van der Waals surface area contributed by atoms with Crippen LogP contribution in [0.3, 0.4) is 0 Å². The monoisotopic (exact) mass is 350 g/mol. The molecule has 2 rings (SSSR count). The highest BCUT2D eigenvalue weighted by Crippen LogP contribution is 2.17. The molecular formula is C17H19FN2O3S. The normalized spacial score (nSPS) is 12.5. The zero-order valence-corrected chi connectivity index (χ0v) is 14.3. The number of benzene rings is 2. The number of hydrogen-bond acceptors (Lipinski definition) is 3. The standard InChI is InChI=1S/C17H19FN2O3S/c1-13(14-8-10-15(18)11-9-14)19-17(21)12-20(24(2,22)23)16-6-4-3-5-7-16/h3-11,13H,12H2,1-2H3,(H,19,21). The van der Waals surface area contributed by atoms with Gasteiger partial charge in [0.2, 0.25) is 15.9 Å². The van der Waals surface area contributed by atoms with Crippen LogP contribution in [0.4, 0.5) is 10.1 Å². The lowest BCUT2D eigenvalue weighted by Crippen LogP contribution is -2.41. The third-order valence-corrected chi connectivity index (χ3v) is 4.62. The van der Waals surface area contributed by atoms with Crippen LogP contribution in [-0.4, -0.2) is 27.1 Å². The van der Waals surface area contributed by atoms with Gasteiger partial charge in [0.25, 0.3) is 0 Å². The van der Waals surface area contributed by atoms with Gasteiger partial charge in [0.15, 0.2) is 0 Å². The number of halogens is 1. The minimum atomic E-state index is -3.60. The largest absolute Gasteiger partial charge is 0.348 e. The second-order valence-electron chi connectivity index (χ2n) is 5.45. The first-order chi connectivity index (χ1) is 11.3. The van der Waals surface area contributed by atoms with Crippen LogP contribution in [-0.2, 0) is 14.8 Å². The molecule has 0 aliphatic carbocycles. The van der Waals surface area contributed by atoms with E-state index in [1.165, 1.54) is 12.1 Å². The third kappa shape index (κ3) is 4.79. The van der Waals surface area contributed by atoms with Crippen molar-refractivity contribution in [2.45, 2.75) is 13.0 Å². The average molecular weight is 350 g/mol. The van der Waals surface area contributed by atoms with Gasteiger partial charge in [0, 0.05) is 0 Å². The molecule has 0 spiro atoms. The van der Waals surface area contributed by atoms with E-state index < -0.39 is 15.9 Å². The smallest absolute Gasteiger partial charge is 0.241 e. The van der Waals surface area contributed by atoms with Crippen molar-refractivity contribution < 1.29 is 17.6 Å². The first-order valence-corrected chi connectivity index (χ1v) is 9.20. The van der Waals surface area contributed by atoms with Crippen molar-refractivity contribution in [3.63, 3.8) is 0 Å². The van der Waals surface area contributed by atoms with Gasteiger partial charge in [-0.15, -0.1) is 0 Å². The number of nitrogens with one attached hydrogen (secondary N) is 1. The Hall–Kier alpha value is -2.41. The van der Waals surface area contributed by atoms with E-state index in [0.29, 0.717) is 5.69 Å². The van der Waals surface area contributed by atoms with Crippen LogP contribution in [0.2, 0.25) is 0 Å². The second kappa shape index (κ2) is 7.44. The molecule has 24 heavy (non-hydrogen) atoms. The summed E-state index contributed by atoms with van der Waals surface area (Å²) in [5.74, 6) is -0.800. The molecule has 0 fully saturated rings. The molecule has 1 unspecified atom stereocenters. The molecule has 128 valence electrons. The van der Waals surface area contributed by atoms with Crippen LogP contribution in [0.5, 0.6) is 0 Å². The summed E-state index contributed by atoms with van der Waals surface area (Å²) in [7, 11) is -3.60. The van der Waals surface area contributed by atoms with Crippen LogP contribution in [0.1, 0.15) is 18.5 Å². The molecule has 1 atom stereocenters. The first kappa shape index (κ1) is 17.9. The molecule has 7 heteroatoms. The van der Waals surface area contributed by atoms with Gasteiger partial charge in [-0.25, -0.2) is 12.8 Å². The maximum atomic E-state index is 12.9. The number of carbonyl (C=O) groups excluding carboxylic acids is 1. The molecule has 2 aromatic rings. The molecule has 0 heterocycles. The zero-order valence-electron chi connectivity index (χ0n) is 13.4. The van der Waals surface area contributed by atoms with E-state index in [-0.39, 0.29) is 18.4 Å². The lowest BCUT2D eigenvalue weighted by molar-refractivity contribution is -0.120. The van der Waals surface area contributed by atoms with Gasteiger partial charge in [-0.1, -0.05) is 30.3 Å². The van der Waals surface area contributed by atoms with Crippen LogP contribution < -0.4 is 9.62 Å². The average Bonchev–Trinajstić information content (AvgIpc) is 2.53. The number of anilines is 1. The Labute approximate surface area is 141 Å². The molecule has 1 N–H and O–H groups in total. The number of hydrogen-bond donors (Lipinski definition) is 1. The highest BCUT2D eigenvalue weighted by atomic mass is 32.2. The van der Waals surface area contributed by atoms with Gasteiger partial charge in [0.1, 0.15) is 12.4 Å². The fourth-order valence-electron chi connectivity index (χ4n) is 2.25. The van der Waals surface area contributed by atoms with Crippen molar-refractivity contribution in [3.8, 4) is 0 Å². The summed E-state index contributed by atoms with van der Waals surface area (Å²) in [6.45, 7) is 1.42. The van der Waals surface area contributed by atoms with E-state index >= 15 is 0 Å². The van der Waals surface area contributed by atoms with Crippen molar-refractivity contribution >= 4 is 21.6 Å². The maximum Gasteiger partial charge on any atom is 0.241 e. The highest BCUT2D eigenvalue weighted by Gasteiger charge is 2.21. The molecule has 0 aromatic heterocycles. The summed E-state index contributed by atoms with van der Waals surface area (Å²) >= 11 is 0. The fraction of sp³-hybridized carbons (Fsp3) is 0.235. The van der Waals surface area contributed by atoms with Crippen LogP contribution >= 0.6 is 0 Å². The number of carbonyl (C=O) groups is 1. The van der Waals surface area contributed by atoms with Crippen molar-refractivity contribution in [1.29, 1.82) is 0 Å². The summed E-state index contributed by atoms with van der Waals surface area (Å²) in [5, 5.41) is 2.72. The minimum Gasteiger partial charge on any atom is -0.348 e. The molecule has 0 saturated carbocycles. The predicted molar refractivity (Wildman–Crippen MR) is 91.6 cm³/mol. The molecule has 0 aliphatic heterocycles. The number of amides is 1. The fourth-order valence-corrected chi connectivity index (χ4v) is 3.10. The summed E-state index contributed by atoms with van der Waals surface area (Å²) in [6.07, 6.45) is 1.05. The lowest BCUT2D eigenvalue weighted by atomic mass is 10.1. The molecule has 2 aromatic carbocycles. The number of nitrogens with zero attached hydrogens (tertiary/aromatic N) is 1. The number of rotatable bonds is 6. The van der Waals surface area contributed by atoms with Crippen LogP contribution in [0, 0.1) is 5.82 Å². The summed E-state index contributed by atoms with van der Waals surface area (Å²) in [6, 6.07) is 13.8. The van der Waals surface area contributed by atoms with E-state index in [2.05, 4.69) is 5.32 Å². The molecule has 0 saturated heterocycles. The van der Waals surface area contributed by atoms with Crippen LogP contribution in [0.25, 0.3) is 0 Å². The Morgan fingerprint density at radius 3 is 2.25 bits per heavy atom. The maximum absolute atomic E-state index is 12.9. The molecule has 1 amide bonds. The summed E-state index contributed by atoms with van der Waals surface area (Å²) < 4.78 is 37.9. The quantitative estimate of drug-likeness (QED) is 0.870. The van der Waals surface area contributed by atoms with Gasteiger partial charge >= 0.3 is 0 Å². The number of sulfonamides is 1. The molecule has 0 bridgehead atoms. The molecule has 0 aliphatic rings. The van der Waals surface area contributed by atoms with Gasteiger partial charge in [0.05, 0.1) is 18.0 Å². The molecule has 0 radical (unpaired) electrons. The summed E-state index contributed by atoms with van der Waals surface area (Å²) in [4.78, 5) is 12.2. The first-order valence-electron chi connectivity index (χ1n) is 7.35. The Bertz CT molecular complexity index is 792. The van der Waals surface area contributed by atoms with Crippen molar-refractivity contribution in [1.82, 2.24) is 5.32 Å². The molecular weight excluding hydrogens is 331 g/mol. The van der Waals surface area contributed by atoms with E-state index in [4.69, 9.17) is 0 Å². The Balaban J connectivity index is 2.09. The Morgan fingerprint density at radius 1 is 1.12 bits per heavy atom. The van der Waals surface area contributed by atoms with E-state index in [9.17, 15) is 17.6 Å². The highest BCUT2D eigenvalue weighted by molar-refractivity contribution is 7.92. The van der Waals surface area contributed by atoms with Gasteiger partial charge in [-0.2, -0.15) is 0 Å². The summed E-state index contributed by atoms with van der Waals surface area (Å²) in [5.41, 5.74) is 1.15. The van der Waals surface area contributed by atoms with Crippen molar-refractivity contribution in [2.75, 3.05) is 17.1 Å². The minimum absolute atomic E-state index is 0.325. The predicted octanol–water partition coefficient (Wildman–Crippen LogP) is 2.47. The second-order valence-corrected chi connectivity index (χ2v) is 7.35. The zero-order chi connectivity index (χ0) is 17.7. The van der Waals surface area contributed by atoms with Crippen molar-refractivity contribution in [3.05, 3.63) is 66.0 Å². The lowest BCUT2D eigenvalue weighted by Gasteiger charge is -2.23. The van der Waals surface area contributed by atoms with Crippen molar-refractivity contribution in [2.24, 2.45) is 0 Å². The number of para-hydroxylation sites is 1. The van der Waals surface area contributed by atoms with Gasteiger partial charge in [-0.05, 0) is 36.8 Å². The molecule has 5 nitrogen and oxygen atoms in total. The van der Waals surface area contributed by atoms with Crippen LogP contribution in [0.15, 0.2) is 54.6 Å².